The molecule has 26 heavy (non-hydrogen) atoms. The Balaban J connectivity index is 1.49. The maximum Gasteiger partial charge on any atom is 0.512 e. The van der Waals surface area contributed by atoms with Gasteiger partial charge in [0, 0.05) is 11.6 Å². The van der Waals surface area contributed by atoms with Gasteiger partial charge in [0.25, 0.3) is 5.91 Å². The van der Waals surface area contributed by atoms with Crippen LogP contribution in [0.4, 0.5) is 4.79 Å². The molecule has 9 heteroatoms. The SMILES string of the molecule is Cc1cccc2sc3nc(/C=C4/C(=O)N5C(OC(=O)O)=CS[C@H]45)cn3c12. The zero-order valence-corrected chi connectivity index (χ0v) is 15.0. The summed E-state index contributed by atoms with van der Waals surface area (Å²) in [7, 11) is 0. The summed E-state index contributed by atoms with van der Waals surface area (Å²) in [5.74, 6) is -0.202. The molecule has 0 unspecified atom stereocenters. The van der Waals surface area contributed by atoms with Crippen molar-refractivity contribution in [3.05, 3.63) is 52.5 Å². The number of nitrogens with zero attached hydrogens (tertiary/aromatic N) is 3. The van der Waals surface area contributed by atoms with Gasteiger partial charge in [0.15, 0.2) is 4.96 Å². The molecule has 2 aromatic heterocycles. The van der Waals surface area contributed by atoms with Crippen LogP contribution in [0.2, 0.25) is 0 Å². The number of ether oxygens (including phenoxy) is 1. The zero-order valence-electron chi connectivity index (χ0n) is 13.4. The third-order valence-corrected chi connectivity index (χ3v) is 6.41. The summed E-state index contributed by atoms with van der Waals surface area (Å²) in [5, 5.41) is 10.0. The first-order chi connectivity index (χ1) is 12.5. The number of carbonyl (C=O) groups is 2. The highest BCUT2D eigenvalue weighted by atomic mass is 32.2. The number of carbonyl (C=O) groups excluding carboxylic acids is 1. The van der Waals surface area contributed by atoms with E-state index in [2.05, 4.69) is 28.8 Å². The first kappa shape index (κ1) is 15.5. The van der Waals surface area contributed by atoms with Crippen molar-refractivity contribution in [2.75, 3.05) is 0 Å². The molecule has 1 fully saturated rings. The van der Waals surface area contributed by atoms with Crippen molar-refractivity contribution in [3.63, 3.8) is 0 Å². The molecule has 1 aromatic carbocycles. The van der Waals surface area contributed by atoms with Gasteiger partial charge in [-0.05, 0) is 24.6 Å². The van der Waals surface area contributed by atoms with Crippen LogP contribution in [0.1, 0.15) is 11.3 Å². The predicted octanol–water partition coefficient (Wildman–Crippen LogP) is 3.65. The topological polar surface area (TPSA) is 84.1 Å². The molecule has 3 aromatic rings. The molecule has 1 saturated heterocycles. The van der Waals surface area contributed by atoms with E-state index in [1.165, 1.54) is 26.9 Å². The van der Waals surface area contributed by atoms with E-state index in [0.29, 0.717) is 11.3 Å². The number of β-lactam (4-membered cyclic amide) rings is 1. The lowest BCUT2D eigenvalue weighted by atomic mass is 10.1. The second-order valence-corrected chi connectivity index (χ2v) is 7.89. The second kappa shape index (κ2) is 5.36. The number of thiazole rings is 1. The number of carboxylic acid groups (broad SMARTS) is 1. The number of imidazole rings is 1. The van der Waals surface area contributed by atoms with E-state index in [0.717, 1.165) is 10.5 Å². The highest BCUT2D eigenvalue weighted by molar-refractivity contribution is 8.03. The van der Waals surface area contributed by atoms with Crippen molar-refractivity contribution < 1.29 is 19.4 Å². The molecule has 1 amide bonds. The van der Waals surface area contributed by atoms with Gasteiger partial charge >= 0.3 is 6.16 Å². The molecule has 2 aliphatic rings. The quantitative estimate of drug-likeness (QED) is 0.412. The third-order valence-electron chi connectivity index (χ3n) is 4.33. The van der Waals surface area contributed by atoms with Crippen LogP contribution in [0.5, 0.6) is 0 Å². The van der Waals surface area contributed by atoms with Gasteiger partial charge < -0.3 is 9.84 Å². The van der Waals surface area contributed by atoms with Crippen LogP contribution in [0.3, 0.4) is 0 Å². The molecule has 0 radical (unpaired) electrons. The van der Waals surface area contributed by atoms with Crippen molar-refractivity contribution in [3.8, 4) is 0 Å². The first-order valence-corrected chi connectivity index (χ1v) is 9.47. The lowest BCUT2D eigenvalue weighted by molar-refractivity contribution is -0.133. The molecule has 4 heterocycles. The fraction of sp³-hybridized carbons (Fsp3) is 0.118. The zero-order chi connectivity index (χ0) is 18.0. The van der Waals surface area contributed by atoms with E-state index in [4.69, 9.17) is 5.11 Å². The Morgan fingerprint density at radius 1 is 1.42 bits per heavy atom. The normalized spacial score (nSPS) is 20.6. The number of para-hydroxylation sites is 1. The fourth-order valence-electron chi connectivity index (χ4n) is 3.21. The minimum Gasteiger partial charge on any atom is -0.449 e. The average Bonchev–Trinajstić information content (AvgIpc) is 3.22. The number of hydrogen-bond donors (Lipinski definition) is 1. The lowest BCUT2D eigenvalue weighted by Gasteiger charge is -2.36. The van der Waals surface area contributed by atoms with E-state index >= 15 is 0 Å². The predicted molar refractivity (Wildman–Crippen MR) is 98.7 cm³/mol. The Labute approximate surface area is 155 Å². The molecule has 1 N–H and O–H groups in total. The average molecular weight is 385 g/mol. The molecule has 7 nitrogen and oxygen atoms in total. The number of fused-ring (bicyclic) bond motifs is 4. The van der Waals surface area contributed by atoms with Crippen LogP contribution in [-0.2, 0) is 9.53 Å². The molecule has 0 saturated carbocycles. The molecule has 5 rings (SSSR count). The summed E-state index contributed by atoms with van der Waals surface area (Å²) in [6.07, 6.45) is 2.25. The van der Waals surface area contributed by atoms with E-state index < -0.39 is 6.16 Å². The van der Waals surface area contributed by atoms with Gasteiger partial charge in [-0.25, -0.2) is 9.78 Å². The Hall–Kier alpha value is -2.78. The highest BCUT2D eigenvalue weighted by Crippen LogP contribution is 2.45. The van der Waals surface area contributed by atoms with Crippen LogP contribution in [0.25, 0.3) is 21.3 Å². The summed E-state index contributed by atoms with van der Waals surface area (Å²) in [6, 6.07) is 6.15. The van der Waals surface area contributed by atoms with Crippen LogP contribution >= 0.6 is 23.1 Å². The summed E-state index contributed by atoms with van der Waals surface area (Å²) < 4.78 is 7.84. The molecule has 0 aliphatic carbocycles. The summed E-state index contributed by atoms with van der Waals surface area (Å²) in [5.41, 5.74) is 3.59. The number of aromatic nitrogens is 2. The number of thioether (sulfide) groups is 1. The maximum atomic E-state index is 12.4. The highest BCUT2D eigenvalue weighted by Gasteiger charge is 2.49. The Bertz CT molecular complexity index is 1170. The standard InChI is InChI=1S/C17H11N3O4S2/c1-8-3-2-4-11-13(8)19-6-9(18-16(19)26-11)5-10-14(21)20-12(24-17(22)23)7-25-15(10)20/h2-7,15H,1H3,(H,22,23)/b10-5-/t15-/m1/s1. The minimum atomic E-state index is -1.43. The lowest BCUT2D eigenvalue weighted by Crippen LogP contribution is -2.50. The van der Waals surface area contributed by atoms with E-state index in [1.807, 2.05) is 16.7 Å². The van der Waals surface area contributed by atoms with Gasteiger partial charge in [-0.2, -0.15) is 0 Å². The molecule has 130 valence electrons. The van der Waals surface area contributed by atoms with Crippen molar-refractivity contribution in [2.45, 2.75) is 12.3 Å². The molecule has 0 bridgehead atoms. The Morgan fingerprint density at radius 3 is 3.08 bits per heavy atom. The monoisotopic (exact) mass is 385 g/mol. The molecular formula is C17H11N3O4S2. The molecule has 0 spiro atoms. The van der Waals surface area contributed by atoms with Gasteiger partial charge in [0.2, 0.25) is 5.88 Å². The van der Waals surface area contributed by atoms with Gasteiger partial charge in [-0.15, -0.1) is 0 Å². The summed E-state index contributed by atoms with van der Waals surface area (Å²) >= 11 is 2.95. The third kappa shape index (κ3) is 2.10. The summed E-state index contributed by atoms with van der Waals surface area (Å²) in [4.78, 5) is 29.9. The summed E-state index contributed by atoms with van der Waals surface area (Å²) in [6.45, 7) is 2.06. The van der Waals surface area contributed by atoms with Crippen molar-refractivity contribution in [1.82, 2.24) is 14.3 Å². The number of aryl methyl sites for hydroxylation is 1. The number of amides is 1. The van der Waals surface area contributed by atoms with Crippen LogP contribution < -0.4 is 0 Å². The minimum absolute atomic E-state index is 0.0575. The van der Waals surface area contributed by atoms with Crippen LogP contribution in [0.15, 0.2) is 41.3 Å². The van der Waals surface area contributed by atoms with Crippen LogP contribution in [0, 0.1) is 6.92 Å². The van der Waals surface area contributed by atoms with Gasteiger partial charge in [0.05, 0.1) is 21.5 Å². The van der Waals surface area contributed by atoms with E-state index in [9.17, 15) is 9.59 Å². The first-order valence-electron chi connectivity index (χ1n) is 7.72. The van der Waals surface area contributed by atoms with Crippen molar-refractivity contribution in [1.29, 1.82) is 0 Å². The molecule has 2 aliphatic heterocycles. The molecule has 1 atom stereocenters. The Kier molecular flexibility index (Phi) is 3.19. The van der Waals surface area contributed by atoms with Crippen molar-refractivity contribution in [2.24, 2.45) is 0 Å². The van der Waals surface area contributed by atoms with Gasteiger partial charge in [-0.3, -0.25) is 14.1 Å². The largest absolute Gasteiger partial charge is 0.512 e. The number of hydrogen-bond acceptors (Lipinski definition) is 6. The smallest absolute Gasteiger partial charge is 0.449 e. The van der Waals surface area contributed by atoms with E-state index in [-0.39, 0.29) is 17.2 Å². The van der Waals surface area contributed by atoms with E-state index in [1.54, 1.807) is 22.8 Å². The molecular weight excluding hydrogens is 374 g/mol. The van der Waals surface area contributed by atoms with Crippen LogP contribution in [-0.4, -0.2) is 36.8 Å². The number of rotatable bonds is 2. The fourth-order valence-corrected chi connectivity index (χ4v) is 5.35. The van der Waals surface area contributed by atoms with Crippen molar-refractivity contribution >= 4 is 56.4 Å². The Morgan fingerprint density at radius 2 is 2.27 bits per heavy atom. The second-order valence-electron chi connectivity index (χ2n) is 5.93. The maximum absolute atomic E-state index is 12.4. The number of benzene rings is 1. The van der Waals surface area contributed by atoms with Gasteiger partial charge in [0.1, 0.15) is 5.37 Å². The van der Waals surface area contributed by atoms with Gasteiger partial charge in [-0.1, -0.05) is 35.2 Å².